The Morgan fingerprint density at radius 3 is 1.88 bits per heavy atom. The van der Waals surface area contributed by atoms with Crippen molar-refractivity contribution in [3.05, 3.63) is 35.9 Å². The van der Waals surface area contributed by atoms with Crippen LogP contribution in [0, 0.1) is 17.8 Å². The van der Waals surface area contributed by atoms with E-state index in [0.29, 0.717) is 18.5 Å². The van der Waals surface area contributed by atoms with E-state index in [-0.39, 0.29) is 18.5 Å². The number of unbranched alkanes of at least 4 members (excludes halogenated alkanes) is 12. The smallest absolute Gasteiger partial charge is 0.356 e. The highest BCUT2D eigenvalue weighted by atomic mass is 16.6. The molecule has 0 bridgehead atoms. The third-order valence-electron chi connectivity index (χ3n) is 9.04. The van der Waals surface area contributed by atoms with Crippen molar-refractivity contribution < 1.29 is 19.1 Å². The van der Waals surface area contributed by atoms with Crippen molar-refractivity contribution in [2.75, 3.05) is 26.2 Å². The molecular weight excluding hydrogens is 534 g/mol. The lowest BCUT2D eigenvalue weighted by Crippen LogP contribution is -2.49. The van der Waals surface area contributed by atoms with Crippen LogP contribution in [0.15, 0.2) is 30.3 Å². The van der Waals surface area contributed by atoms with Gasteiger partial charge in [0, 0.05) is 17.9 Å². The predicted octanol–water partition coefficient (Wildman–Crippen LogP) is 9.38. The Bertz CT molecular complexity index is 926. The topological polar surface area (TPSA) is 55.8 Å². The average molecular weight is 596 g/mol. The van der Waals surface area contributed by atoms with Gasteiger partial charge in [-0.3, -0.25) is 9.69 Å². The van der Waals surface area contributed by atoms with Gasteiger partial charge in [0.25, 0.3) is 0 Å². The molecule has 1 fully saturated rings. The molecule has 242 valence electrons. The summed E-state index contributed by atoms with van der Waals surface area (Å²) in [7, 11) is 0. The molecule has 1 saturated carbocycles. The van der Waals surface area contributed by atoms with Gasteiger partial charge in [-0.05, 0) is 32.4 Å². The van der Waals surface area contributed by atoms with Gasteiger partial charge in [0.05, 0.1) is 6.54 Å². The molecule has 0 heterocycles. The fraction of sp³-hybridized carbons (Fsp3) is 0.737. The fourth-order valence-corrected chi connectivity index (χ4v) is 6.29. The molecule has 43 heavy (non-hydrogen) atoms. The number of benzene rings is 1. The molecule has 1 aliphatic rings. The molecular formula is C38H61NO4. The minimum absolute atomic E-state index is 0.00217. The van der Waals surface area contributed by atoms with Crippen LogP contribution in [-0.4, -0.2) is 43.1 Å². The maximum absolute atomic E-state index is 13.9. The molecule has 5 nitrogen and oxygen atoms in total. The van der Waals surface area contributed by atoms with E-state index in [1.807, 2.05) is 30.3 Å². The normalized spacial score (nSPS) is 15.0. The van der Waals surface area contributed by atoms with E-state index in [1.54, 1.807) is 0 Å². The molecule has 1 aromatic rings. The average Bonchev–Trinajstić information content (AvgIpc) is 3.04. The van der Waals surface area contributed by atoms with Gasteiger partial charge >= 0.3 is 11.9 Å². The Kier molecular flexibility index (Phi) is 19.8. The summed E-state index contributed by atoms with van der Waals surface area (Å²) in [5.41, 5.74) is -0.711. The SMILES string of the molecule is CCCCCCCCCCCCCCCC(=O)OC(C(=O)OCC#CCN(CC)CC)(c1ccccc1)C1CCCCC1. The number of carbonyl (C=O) groups is 2. The second-order valence-corrected chi connectivity index (χ2v) is 12.3. The van der Waals surface area contributed by atoms with Crippen molar-refractivity contribution >= 4 is 11.9 Å². The van der Waals surface area contributed by atoms with Crippen molar-refractivity contribution in [2.45, 2.75) is 148 Å². The fourth-order valence-electron chi connectivity index (χ4n) is 6.29. The van der Waals surface area contributed by atoms with E-state index in [4.69, 9.17) is 9.47 Å². The summed E-state index contributed by atoms with van der Waals surface area (Å²) in [6, 6.07) is 9.55. The summed E-state index contributed by atoms with van der Waals surface area (Å²) in [4.78, 5) is 29.5. The summed E-state index contributed by atoms with van der Waals surface area (Å²) in [5, 5.41) is 0. The molecule has 1 aromatic carbocycles. The summed E-state index contributed by atoms with van der Waals surface area (Å²) < 4.78 is 12.1. The van der Waals surface area contributed by atoms with Gasteiger partial charge in [0.2, 0.25) is 5.60 Å². The zero-order valence-electron chi connectivity index (χ0n) is 27.8. The maximum atomic E-state index is 13.9. The van der Waals surface area contributed by atoms with E-state index >= 15 is 0 Å². The standard InChI is InChI=1S/C38H61NO4/c1-4-7-8-9-10-11-12-13-14-15-16-17-24-31-36(40)43-38(34-27-20-18-21-28-34,35-29-22-19-23-30-35)37(41)42-33-26-25-32-39(5-2)6-3/h18,20-21,27-28,35H,4-17,19,22-24,29-33H2,1-3H3. The number of hydrogen-bond donors (Lipinski definition) is 0. The van der Waals surface area contributed by atoms with Crippen LogP contribution in [0.5, 0.6) is 0 Å². The lowest BCUT2D eigenvalue weighted by molar-refractivity contribution is -0.193. The highest BCUT2D eigenvalue weighted by Gasteiger charge is 2.52. The molecule has 1 aliphatic carbocycles. The van der Waals surface area contributed by atoms with Crippen molar-refractivity contribution in [3.8, 4) is 11.8 Å². The van der Waals surface area contributed by atoms with Crippen LogP contribution in [0.25, 0.3) is 0 Å². The number of hydrogen-bond acceptors (Lipinski definition) is 5. The van der Waals surface area contributed by atoms with Crippen LogP contribution in [0.1, 0.15) is 148 Å². The molecule has 0 saturated heterocycles. The van der Waals surface area contributed by atoms with E-state index in [2.05, 4.69) is 37.5 Å². The van der Waals surface area contributed by atoms with Crippen LogP contribution in [0.3, 0.4) is 0 Å². The minimum atomic E-state index is -1.42. The zero-order valence-corrected chi connectivity index (χ0v) is 27.8. The van der Waals surface area contributed by atoms with Crippen molar-refractivity contribution in [3.63, 3.8) is 0 Å². The Hall–Kier alpha value is -2.32. The Labute approximate surface area is 263 Å². The van der Waals surface area contributed by atoms with Gasteiger partial charge < -0.3 is 9.47 Å². The molecule has 1 atom stereocenters. The van der Waals surface area contributed by atoms with Crippen LogP contribution in [0.4, 0.5) is 0 Å². The van der Waals surface area contributed by atoms with Gasteiger partial charge in [-0.1, -0.05) is 159 Å². The summed E-state index contributed by atoms with van der Waals surface area (Å²) in [6.45, 7) is 8.98. The van der Waals surface area contributed by atoms with Crippen LogP contribution in [-0.2, 0) is 24.7 Å². The lowest BCUT2D eigenvalue weighted by Gasteiger charge is -2.40. The molecule has 0 amide bonds. The molecule has 0 aromatic heterocycles. The quantitative estimate of drug-likeness (QED) is 0.0759. The number of nitrogens with zero attached hydrogens (tertiary/aromatic N) is 1. The predicted molar refractivity (Wildman–Crippen MR) is 178 cm³/mol. The molecule has 0 aliphatic heterocycles. The van der Waals surface area contributed by atoms with Crippen molar-refractivity contribution in [2.24, 2.45) is 5.92 Å². The van der Waals surface area contributed by atoms with Crippen molar-refractivity contribution in [1.82, 2.24) is 4.90 Å². The first kappa shape index (κ1) is 36.9. The Morgan fingerprint density at radius 1 is 0.767 bits per heavy atom. The third-order valence-corrected chi connectivity index (χ3v) is 9.04. The highest BCUT2D eigenvalue weighted by molar-refractivity contribution is 5.85. The molecule has 0 N–H and O–H groups in total. The zero-order chi connectivity index (χ0) is 31.0. The first-order valence-electron chi connectivity index (χ1n) is 17.7. The number of carbonyl (C=O) groups excluding carboxylic acids is 2. The summed E-state index contributed by atoms with van der Waals surface area (Å²) in [6.07, 6.45) is 21.5. The molecule has 5 heteroatoms. The lowest BCUT2D eigenvalue weighted by atomic mass is 9.73. The molecule has 2 rings (SSSR count). The molecule has 0 radical (unpaired) electrons. The van der Waals surface area contributed by atoms with Crippen LogP contribution < -0.4 is 0 Å². The first-order valence-corrected chi connectivity index (χ1v) is 17.7. The minimum Gasteiger partial charge on any atom is -0.449 e. The summed E-state index contributed by atoms with van der Waals surface area (Å²) in [5.74, 6) is 5.22. The summed E-state index contributed by atoms with van der Waals surface area (Å²) >= 11 is 0. The van der Waals surface area contributed by atoms with E-state index < -0.39 is 11.6 Å². The Morgan fingerprint density at radius 2 is 1.33 bits per heavy atom. The Balaban J connectivity index is 1.92. The maximum Gasteiger partial charge on any atom is 0.356 e. The first-order chi connectivity index (χ1) is 21.1. The highest BCUT2D eigenvalue weighted by Crippen LogP contribution is 2.43. The van der Waals surface area contributed by atoms with Gasteiger partial charge in [-0.15, -0.1) is 0 Å². The van der Waals surface area contributed by atoms with Gasteiger partial charge in [0.15, 0.2) is 6.61 Å². The molecule has 0 spiro atoms. The molecule has 1 unspecified atom stereocenters. The van der Waals surface area contributed by atoms with Gasteiger partial charge in [-0.25, -0.2) is 4.79 Å². The second kappa shape index (κ2) is 23.1. The largest absolute Gasteiger partial charge is 0.449 e. The third kappa shape index (κ3) is 13.9. The van der Waals surface area contributed by atoms with E-state index in [0.717, 1.165) is 64.5 Å². The number of ether oxygens (including phenoxy) is 2. The van der Waals surface area contributed by atoms with Crippen molar-refractivity contribution in [1.29, 1.82) is 0 Å². The number of esters is 2. The van der Waals surface area contributed by atoms with Gasteiger partial charge in [-0.2, -0.15) is 0 Å². The van der Waals surface area contributed by atoms with E-state index in [1.165, 1.54) is 64.2 Å². The van der Waals surface area contributed by atoms with Gasteiger partial charge in [0.1, 0.15) is 0 Å². The van der Waals surface area contributed by atoms with Crippen LogP contribution in [0.2, 0.25) is 0 Å². The number of rotatable bonds is 22. The van der Waals surface area contributed by atoms with E-state index in [9.17, 15) is 9.59 Å². The monoisotopic (exact) mass is 595 g/mol. The van der Waals surface area contributed by atoms with Crippen LogP contribution >= 0.6 is 0 Å². The second-order valence-electron chi connectivity index (χ2n) is 12.3.